The van der Waals surface area contributed by atoms with E-state index in [2.05, 4.69) is 57.1 Å². The number of aromatic nitrogens is 2. The second kappa shape index (κ2) is 8.39. The standard InChI is InChI=1S/C23H27N5O/c1-17-6-4-9-21(18(17)2)27-10-12-28(13-11-27)23-15-22(24-16-25-23)26-19-7-5-8-20(14-19)29-3/h4-9,14-16H,10-13H2,1-3H3,(H,24,25,26). The van der Waals surface area contributed by atoms with E-state index in [0.29, 0.717) is 0 Å². The van der Waals surface area contributed by atoms with E-state index in [1.807, 2.05) is 30.3 Å². The third kappa shape index (κ3) is 4.26. The molecule has 1 fully saturated rings. The van der Waals surface area contributed by atoms with Gasteiger partial charge in [0.15, 0.2) is 0 Å². The second-order valence-corrected chi connectivity index (χ2v) is 7.31. The summed E-state index contributed by atoms with van der Waals surface area (Å²) in [6.45, 7) is 8.21. The zero-order chi connectivity index (χ0) is 20.2. The molecule has 1 aliphatic rings. The number of methoxy groups -OCH3 is 1. The van der Waals surface area contributed by atoms with Gasteiger partial charge < -0.3 is 19.9 Å². The summed E-state index contributed by atoms with van der Waals surface area (Å²) >= 11 is 0. The maximum atomic E-state index is 5.29. The lowest BCUT2D eigenvalue weighted by Gasteiger charge is -2.37. The van der Waals surface area contributed by atoms with Crippen LogP contribution >= 0.6 is 0 Å². The van der Waals surface area contributed by atoms with Crippen molar-refractivity contribution in [1.82, 2.24) is 9.97 Å². The van der Waals surface area contributed by atoms with Crippen molar-refractivity contribution < 1.29 is 4.74 Å². The van der Waals surface area contributed by atoms with Crippen LogP contribution in [0.2, 0.25) is 0 Å². The van der Waals surface area contributed by atoms with Gasteiger partial charge in [0.25, 0.3) is 0 Å². The molecule has 0 spiro atoms. The minimum Gasteiger partial charge on any atom is -0.497 e. The van der Waals surface area contributed by atoms with Crippen LogP contribution in [0.15, 0.2) is 54.9 Å². The number of anilines is 4. The molecule has 1 aromatic heterocycles. The molecule has 2 aromatic carbocycles. The maximum Gasteiger partial charge on any atom is 0.135 e. The molecule has 4 rings (SSSR count). The predicted octanol–water partition coefficient (Wildman–Crippen LogP) is 4.17. The van der Waals surface area contributed by atoms with Crippen molar-refractivity contribution in [3.05, 3.63) is 66.0 Å². The number of rotatable bonds is 5. The monoisotopic (exact) mass is 389 g/mol. The molecule has 0 atom stereocenters. The van der Waals surface area contributed by atoms with Gasteiger partial charge in [-0.3, -0.25) is 0 Å². The molecule has 0 bridgehead atoms. The Labute approximate surface area is 172 Å². The molecule has 3 aromatic rings. The number of hydrogen-bond donors (Lipinski definition) is 1. The van der Waals surface area contributed by atoms with Crippen molar-refractivity contribution in [3.63, 3.8) is 0 Å². The lowest BCUT2D eigenvalue weighted by molar-refractivity contribution is 0.415. The zero-order valence-electron chi connectivity index (χ0n) is 17.2. The molecule has 0 saturated carbocycles. The second-order valence-electron chi connectivity index (χ2n) is 7.31. The molecule has 1 saturated heterocycles. The predicted molar refractivity (Wildman–Crippen MR) is 119 cm³/mol. The summed E-state index contributed by atoms with van der Waals surface area (Å²) in [5.41, 5.74) is 4.99. The highest BCUT2D eigenvalue weighted by atomic mass is 16.5. The van der Waals surface area contributed by atoms with Crippen molar-refractivity contribution in [2.75, 3.05) is 48.4 Å². The highest BCUT2D eigenvalue weighted by Crippen LogP contribution is 2.26. The Morgan fingerprint density at radius 3 is 2.45 bits per heavy atom. The Kier molecular flexibility index (Phi) is 5.51. The highest BCUT2D eigenvalue weighted by Gasteiger charge is 2.20. The molecule has 0 radical (unpaired) electrons. The fraction of sp³-hybridized carbons (Fsp3) is 0.304. The van der Waals surface area contributed by atoms with Gasteiger partial charge in [-0.05, 0) is 43.2 Å². The lowest BCUT2D eigenvalue weighted by Crippen LogP contribution is -2.47. The topological polar surface area (TPSA) is 53.5 Å². The molecule has 1 aliphatic heterocycles. The van der Waals surface area contributed by atoms with Gasteiger partial charge in [-0.15, -0.1) is 0 Å². The summed E-state index contributed by atoms with van der Waals surface area (Å²) in [5, 5.41) is 3.34. The smallest absolute Gasteiger partial charge is 0.135 e. The Morgan fingerprint density at radius 2 is 1.66 bits per heavy atom. The van der Waals surface area contributed by atoms with Crippen molar-refractivity contribution in [3.8, 4) is 5.75 Å². The van der Waals surface area contributed by atoms with E-state index < -0.39 is 0 Å². The first kappa shape index (κ1) is 19.1. The van der Waals surface area contributed by atoms with Crippen molar-refractivity contribution in [2.45, 2.75) is 13.8 Å². The van der Waals surface area contributed by atoms with Crippen LogP contribution in [-0.2, 0) is 0 Å². The number of benzene rings is 2. The van der Waals surface area contributed by atoms with Crippen LogP contribution in [0.5, 0.6) is 5.75 Å². The van der Waals surface area contributed by atoms with Gasteiger partial charge in [0, 0.05) is 49.7 Å². The average molecular weight is 390 g/mol. The third-order valence-corrected chi connectivity index (χ3v) is 5.52. The molecule has 0 amide bonds. The SMILES string of the molecule is COc1cccc(Nc2cc(N3CCN(c4cccc(C)c4C)CC3)ncn2)c1. The minimum atomic E-state index is 0.778. The summed E-state index contributed by atoms with van der Waals surface area (Å²) in [5.74, 6) is 2.54. The van der Waals surface area contributed by atoms with Gasteiger partial charge >= 0.3 is 0 Å². The van der Waals surface area contributed by atoms with Gasteiger partial charge in [0.05, 0.1) is 7.11 Å². The van der Waals surface area contributed by atoms with E-state index in [4.69, 9.17) is 4.74 Å². The van der Waals surface area contributed by atoms with Gasteiger partial charge in [-0.25, -0.2) is 9.97 Å². The van der Waals surface area contributed by atoms with Gasteiger partial charge in [0.2, 0.25) is 0 Å². The van der Waals surface area contributed by atoms with Crippen LogP contribution in [0.4, 0.5) is 23.0 Å². The van der Waals surface area contributed by atoms with Crippen LogP contribution in [-0.4, -0.2) is 43.3 Å². The maximum absolute atomic E-state index is 5.29. The first-order chi connectivity index (χ1) is 14.1. The summed E-state index contributed by atoms with van der Waals surface area (Å²) in [4.78, 5) is 13.7. The largest absolute Gasteiger partial charge is 0.497 e. The van der Waals surface area contributed by atoms with E-state index in [-0.39, 0.29) is 0 Å². The number of nitrogens with zero attached hydrogens (tertiary/aromatic N) is 4. The molecule has 6 heteroatoms. The van der Waals surface area contributed by atoms with Crippen molar-refractivity contribution in [2.24, 2.45) is 0 Å². The molecule has 6 nitrogen and oxygen atoms in total. The van der Waals surface area contributed by atoms with E-state index >= 15 is 0 Å². The van der Waals surface area contributed by atoms with E-state index in [1.54, 1.807) is 13.4 Å². The van der Waals surface area contributed by atoms with Crippen LogP contribution in [0, 0.1) is 13.8 Å². The fourth-order valence-electron chi connectivity index (χ4n) is 3.69. The number of ether oxygens (including phenoxy) is 1. The van der Waals surface area contributed by atoms with Crippen LogP contribution in [0.3, 0.4) is 0 Å². The molecular formula is C23H27N5O. The average Bonchev–Trinajstić information content (AvgIpc) is 2.76. The van der Waals surface area contributed by atoms with Gasteiger partial charge in [0.1, 0.15) is 23.7 Å². The lowest BCUT2D eigenvalue weighted by atomic mass is 10.1. The van der Waals surface area contributed by atoms with Crippen LogP contribution < -0.4 is 19.9 Å². The zero-order valence-corrected chi connectivity index (χ0v) is 17.2. The molecule has 0 unspecified atom stereocenters. The summed E-state index contributed by atoms with van der Waals surface area (Å²) < 4.78 is 5.29. The molecule has 0 aliphatic carbocycles. The normalized spacial score (nSPS) is 14.0. The summed E-state index contributed by atoms with van der Waals surface area (Å²) in [6, 6.07) is 16.4. The van der Waals surface area contributed by atoms with Crippen LogP contribution in [0.1, 0.15) is 11.1 Å². The Hall–Kier alpha value is -3.28. The van der Waals surface area contributed by atoms with Crippen molar-refractivity contribution >= 4 is 23.0 Å². The summed E-state index contributed by atoms with van der Waals surface area (Å²) in [7, 11) is 1.67. The van der Waals surface area contributed by atoms with E-state index in [0.717, 1.165) is 49.3 Å². The fourth-order valence-corrected chi connectivity index (χ4v) is 3.69. The highest BCUT2D eigenvalue weighted by molar-refractivity contribution is 5.61. The number of hydrogen-bond acceptors (Lipinski definition) is 6. The van der Waals surface area contributed by atoms with E-state index in [1.165, 1.54) is 16.8 Å². The first-order valence-electron chi connectivity index (χ1n) is 9.93. The third-order valence-electron chi connectivity index (χ3n) is 5.52. The van der Waals surface area contributed by atoms with E-state index in [9.17, 15) is 0 Å². The molecular weight excluding hydrogens is 362 g/mol. The Morgan fingerprint density at radius 1 is 0.897 bits per heavy atom. The molecule has 150 valence electrons. The minimum absolute atomic E-state index is 0.778. The van der Waals surface area contributed by atoms with Gasteiger partial charge in [-0.1, -0.05) is 18.2 Å². The quantitative estimate of drug-likeness (QED) is 0.707. The molecule has 2 heterocycles. The van der Waals surface area contributed by atoms with Crippen molar-refractivity contribution in [1.29, 1.82) is 0 Å². The van der Waals surface area contributed by atoms with Gasteiger partial charge in [-0.2, -0.15) is 0 Å². The number of nitrogens with one attached hydrogen (secondary N) is 1. The Bertz CT molecular complexity index is 983. The van der Waals surface area contributed by atoms with Crippen LogP contribution in [0.25, 0.3) is 0 Å². The first-order valence-corrected chi connectivity index (χ1v) is 9.93. The number of aryl methyl sites for hydroxylation is 1. The summed E-state index contributed by atoms with van der Waals surface area (Å²) in [6.07, 6.45) is 1.62. The number of piperazine rings is 1. The molecule has 29 heavy (non-hydrogen) atoms. The molecule has 1 N–H and O–H groups in total. The Balaban J connectivity index is 1.43.